The predicted molar refractivity (Wildman–Crippen MR) is 50.5 cm³/mol. The van der Waals surface area contributed by atoms with Crippen molar-refractivity contribution < 1.29 is 5.11 Å². The molecular formula is C10H16N2O. The van der Waals surface area contributed by atoms with E-state index in [-0.39, 0.29) is 12.0 Å². The number of aliphatic hydroxyl groups excluding tert-OH is 1. The van der Waals surface area contributed by atoms with Crippen molar-refractivity contribution in [3.05, 3.63) is 18.2 Å². The Kier molecular flexibility index (Phi) is 2.36. The highest BCUT2D eigenvalue weighted by Gasteiger charge is 2.29. The molecule has 1 aromatic heterocycles. The van der Waals surface area contributed by atoms with Crippen molar-refractivity contribution in [2.24, 2.45) is 0 Å². The minimum atomic E-state index is -0.173. The van der Waals surface area contributed by atoms with Gasteiger partial charge in [-0.05, 0) is 19.8 Å². The third-order valence-electron chi connectivity index (χ3n) is 2.90. The van der Waals surface area contributed by atoms with E-state index >= 15 is 0 Å². The summed E-state index contributed by atoms with van der Waals surface area (Å²) in [6, 6.07) is 0. The van der Waals surface area contributed by atoms with Gasteiger partial charge in [0.1, 0.15) is 5.82 Å². The molecule has 0 saturated heterocycles. The Hall–Kier alpha value is -0.830. The van der Waals surface area contributed by atoms with Gasteiger partial charge in [-0.1, -0.05) is 6.42 Å². The number of rotatable bonds is 2. The van der Waals surface area contributed by atoms with Crippen LogP contribution >= 0.6 is 0 Å². The van der Waals surface area contributed by atoms with Crippen molar-refractivity contribution in [3.63, 3.8) is 0 Å². The molecule has 1 saturated carbocycles. The highest BCUT2D eigenvalue weighted by atomic mass is 16.3. The average molecular weight is 180 g/mol. The number of hydrogen-bond donors (Lipinski definition) is 1. The minimum absolute atomic E-state index is 0.173. The molecule has 0 aliphatic heterocycles. The van der Waals surface area contributed by atoms with Crippen LogP contribution in [0.2, 0.25) is 0 Å². The molecule has 0 radical (unpaired) electrons. The van der Waals surface area contributed by atoms with E-state index in [1.54, 1.807) is 0 Å². The molecule has 2 rings (SSSR count). The Bertz CT molecular complexity index is 282. The summed E-state index contributed by atoms with van der Waals surface area (Å²) >= 11 is 0. The molecule has 1 N–H and O–H groups in total. The van der Waals surface area contributed by atoms with Crippen LogP contribution < -0.4 is 0 Å². The van der Waals surface area contributed by atoms with Crippen molar-refractivity contribution in [2.45, 2.75) is 44.8 Å². The van der Waals surface area contributed by atoms with Gasteiger partial charge >= 0.3 is 0 Å². The summed E-state index contributed by atoms with van der Waals surface area (Å²) in [4.78, 5) is 4.32. The zero-order valence-corrected chi connectivity index (χ0v) is 7.98. The number of nitrogens with zero attached hydrogens (tertiary/aromatic N) is 2. The van der Waals surface area contributed by atoms with Gasteiger partial charge in [-0.2, -0.15) is 0 Å². The van der Waals surface area contributed by atoms with E-state index in [9.17, 15) is 5.11 Å². The molecule has 0 aromatic carbocycles. The monoisotopic (exact) mass is 180 g/mol. The number of aryl methyl sites for hydroxylation is 1. The lowest BCUT2D eigenvalue weighted by Gasteiger charge is -2.14. The Morgan fingerprint density at radius 3 is 3.08 bits per heavy atom. The first-order valence-electron chi connectivity index (χ1n) is 5.02. The Labute approximate surface area is 78.4 Å². The van der Waals surface area contributed by atoms with E-state index in [1.807, 2.05) is 12.4 Å². The van der Waals surface area contributed by atoms with Crippen LogP contribution in [0.1, 0.15) is 37.9 Å². The maximum Gasteiger partial charge on any atom is 0.114 e. The molecule has 0 spiro atoms. The van der Waals surface area contributed by atoms with Crippen LogP contribution in [0.4, 0.5) is 0 Å². The first-order chi connectivity index (χ1) is 6.33. The van der Waals surface area contributed by atoms with Crippen molar-refractivity contribution in [3.8, 4) is 0 Å². The zero-order valence-electron chi connectivity index (χ0n) is 7.98. The summed E-state index contributed by atoms with van der Waals surface area (Å²) in [6.45, 7) is 3.05. The quantitative estimate of drug-likeness (QED) is 0.749. The fourth-order valence-electron chi connectivity index (χ4n) is 2.16. The summed E-state index contributed by atoms with van der Waals surface area (Å²) < 4.78 is 2.12. The standard InChI is InChI=1S/C10H16N2O/c1-2-12-7-6-11-10(12)8-4-3-5-9(8)13/h6-9,13H,2-5H2,1H3/t8-,9-/m1/s1. The lowest BCUT2D eigenvalue weighted by atomic mass is 10.1. The van der Waals surface area contributed by atoms with E-state index in [1.165, 1.54) is 0 Å². The second-order valence-electron chi connectivity index (χ2n) is 3.68. The fourth-order valence-corrected chi connectivity index (χ4v) is 2.16. The SMILES string of the molecule is CCn1ccnc1[C@@H]1CCC[C@H]1O. The van der Waals surface area contributed by atoms with Gasteiger partial charge in [0.25, 0.3) is 0 Å². The van der Waals surface area contributed by atoms with E-state index in [4.69, 9.17) is 0 Å². The first-order valence-corrected chi connectivity index (χ1v) is 5.02. The fraction of sp³-hybridized carbons (Fsp3) is 0.700. The van der Waals surface area contributed by atoms with Gasteiger partial charge in [-0.3, -0.25) is 0 Å². The molecule has 1 aliphatic carbocycles. The molecule has 13 heavy (non-hydrogen) atoms. The van der Waals surface area contributed by atoms with Crippen molar-refractivity contribution >= 4 is 0 Å². The summed E-state index contributed by atoms with van der Waals surface area (Å²) in [5.41, 5.74) is 0. The van der Waals surface area contributed by atoms with E-state index in [2.05, 4.69) is 16.5 Å². The Morgan fingerprint density at radius 1 is 1.62 bits per heavy atom. The third-order valence-corrected chi connectivity index (χ3v) is 2.90. The Morgan fingerprint density at radius 2 is 2.46 bits per heavy atom. The molecule has 1 aromatic rings. The molecule has 1 aliphatic rings. The van der Waals surface area contributed by atoms with Gasteiger partial charge < -0.3 is 9.67 Å². The minimum Gasteiger partial charge on any atom is -0.392 e. The highest BCUT2D eigenvalue weighted by Crippen LogP contribution is 2.33. The first kappa shape index (κ1) is 8.75. The second kappa shape index (κ2) is 3.50. The van der Waals surface area contributed by atoms with Crippen LogP contribution in [-0.4, -0.2) is 20.8 Å². The molecule has 1 heterocycles. The van der Waals surface area contributed by atoms with E-state index < -0.39 is 0 Å². The van der Waals surface area contributed by atoms with Crippen molar-refractivity contribution in [1.29, 1.82) is 0 Å². The predicted octanol–water partition coefficient (Wildman–Crippen LogP) is 1.53. The normalized spacial score (nSPS) is 28.2. The third kappa shape index (κ3) is 1.48. The van der Waals surface area contributed by atoms with Crippen molar-refractivity contribution in [1.82, 2.24) is 9.55 Å². The van der Waals surface area contributed by atoms with Gasteiger partial charge in [0.05, 0.1) is 6.10 Å². The van der Waals surface area contributed by atoms with E-state index in [0.29, 0.717) is 0 Å². The van der Waals surface area contributed by atoms with Crippen LogP contribution in [0.25, 0.3) is 0 Å². The van der Waals surface area contributed by atoms with Crippen LogP contribution in [0.5, 0.6) is 0 Å². The van der Waals surface area contributed by atoms with Gasteiger partial charge in [0.15, 0.2) is 0 Å². The van der Waals surface area contributed by atoms with Gasteiger partial charge in [0, 0.05) is 24.9 Å². The average Bonchev–Trinajstić information content (AvgIpc) is 2.71. The van der Waals surface area contributed by atoms with Crippen LogP contribution in [0.15, 0.2) is 12.4 Å². The summed E-state index contributed by atoms with van der Waals surface area (Å²) in [5, 5.41) is 9.73. The number of imidazole rings is 1. The second-order valence-corrected chi connectivity index (χ2v) is 3.68. The lowest BCUT2D eigenvalue weighted by Crippen LogP contribution is -2.16. The highest BCUT2D eigenvalue weighted by molar-refractivity contribution is 5.05. The van der Waals surface area contributed by atoms with Gasteiger partial charge in [-0.25, -0.2) is 4.98 Å². The molecule has 3 heteroatoms. The summed E-state index contributed by atoms with van der Waals surface area (Å²) in [5.74, 6) is 1.34. The van der Waals surface area contributed by atoms with Crippen LogP contribution in [-0.2, 0) is 6.54 Å². The number of hydrogen-bond acceptors (Lipinski definition) is 2. The molecule has 2 atom stereocenters. The molecule has 0 amide bonds. The molecular weight excluding hydrogens is 164 g/mol. The van der Waals surface area contributed by atoms with E-state index in [0.717, 1.165) is 31.6 Å². The van der Waals surface area contributed by atoms with Crippen molar-refractivity contribution in [2.75, 3.05) is 0 Å². The van der Waals surface area contributed by atoms with Crippen LogP contribution in [0, 0.1) is 0 Å². The molecule has 0 unspecified atom stereocenters. The molecule has 3 nitrogen and oxygen atoms in total. The summed E-state index contributed by atoms with van der Waals surface area (Å²) in [7, 11) is 0. The Balaban J connectivity index is 2.23. The van der Waals surface area contributed by atoms with Crippen LogP contribution in [0.3, 0.4) is 0 Å². The zero-order chi connectivity index (χ0) is 9.26. The largest absolute Gasteiger partial charge is 0.392 e. The number of aromatic nitrogens is 2. The topological polar surface area (TPSA) is 38.0 Å². The summed E-state index contributed by atoms with van der Waals surface area (Å²) in [6.07, 6.45) is 6.78. The number of aliphatic hydroxyl groups is 1. The molecule has 72 valence electrons. The maximum absolute atomic E-state index is 9.73. The molecule has 1 fully saturated rings. The maximum atomic E-state index is 9.73. The van der Waals surface area contributed by atoms with Gasteiger partial charge in [-0.15, -0.1) is 0 Å². The van der Waals surface area contributed by atoms with Gasteiger partial charge in [0.2, 0.25) is 0 Å². The molecule has 0 bridgehead atoms. The lowest BCUT2D eigenvalue weighted by molar-refractivity contribution is 0.159. The smallest absolute Gasteiger partial charge is 0.114 e.